The normalized spacial score (nSPS) is 18.9. The Bertz CT molecular complexity index is 568. The number of aliphatic carboxylic acids is 1. The number of ether oxygens (including phenoxy) is 1. The second kappa shape index (κ2) is 5.87. The number of rotatable bonds is 3. The average molecular weight is 396 g/mol. The molecule has 0 radical (unpaired) electrons. The fourth-order valence-electron chi connectivity index (χ4n) is 2.00. The highest BCUT2D eigenvalue weighted by molar-refractivity contribution is 14.1. The number of hydrogen-bond acceptors (Lipinski definition) is 5. The number of hydrogen-bond donors (Lipinski definition) is 1. The van der Waals surface area contributed by atoms with E-state index in [0.29, 0.717) is 0 Å². The lowest BCUT2D eigenvalue weighted by Gasteiger charge is -2.34. The standard InChI is InChI=1S/C11H10FIN2O5/c12-6-3-8(9(15(18)19)4-7(6)13)14-1-2-20-5-10(14)11(16)17/h3-4,10H,1-2,5H2,(H,16,17). The SMILES string of the molecule is O=C(O)C1COCCN1c1cc(F)c(I)cc1[N+](=O)[O-]. The molecule has 1 heterocycles. The Balaban J connectivity index is 2.51. The molecule has 1 aliphatic rings. The second-order valence-corrected chi connectivity index (χ2v) is 5.30. The van der Waals surface area contributed by atoms with Crippen molar-refractivity contribution >= 4 is 39.9 Å². The van der Waals surface area contributed by atoms with E-state index in [2.05, 4.69) is 0 Å². The predicted octanol–water partition coefficient (Wildman–Crippen LogP) is 1.63. The summed E-state index contributed by atoms with van der Waals surface area (Å²) < 4.78 is 18.8. The molecular formula is C11H10FIN2O5. The van der Waals surface area contributed by atoms with Gasteiger partial charge in [-0.3, -0.25) is 10.1 Å². The number of nitrogens with zero attached hydrogens (tertiary/aromatic N) is 2. The average Bonchev–Trinajstić information content (AvgIpc) is 2.41. The van der Waals surface area contributed by atoms with Gasteiger partial charge in [0.15, 0.2) is 6.04 Å². The molecule has 9 heteroatoms. The van der Waals surface area contributed by atoms with E-state index in [1.54, 1.807) is 22.6 Å². The van der Waals surface area contributed by atoms with Crippen LogP contribution in [0.1, 0.15) is 0 Å². The number of anilines is 1. The zero-order valence-corrected chi connectivity index (χ0v) is 12.2. The van der Waals surface area contributed by atoms with E-state index in [1.165, 1.54) is 4.90 Å². The fourth-order valence-corrected chi connectivity index (χ4v) is 2.45. The molecule has 1 aromatic rings. The lowest BCUT2D eigenvalue weighted by atomic mass is 10.1. The van der Waals surface area contributed by atoms with Crippen LogP contribution in [0.15, 0.2) is 12.1 Å². The number of carboxylic acid groups (broad SMARTS) is 1. The molecule has 1 aliphatic heterocycles. The van der Waals surface area contributed by atoms with Crippen LogP contribution in [-0.4, -0.2) is 41.8 Å². The van der Waals surface area contributed by atoms with Gasteiger partial charge in [-0.15, -0.1) is 0 Å². The summed E-state index contributed by atoms with van der Waals surface area (Å²) in [4.78, 5) is 22.9. The summed E-state index contributed by atoms with van der Waals surface area (Å²) in [6, 6.07) is 1.03. The van der Waals surface area contributed by atoms with Crippen molar-refractivity contribution in [2.24, 2.45) is 0 Å². The molecule has 1 N–H and O–H groups in total. The van der Waals surface area contributed by atoms with Crippen LogP contribution in [0.3, 0.4) is 0 Å². The maximum Gasteiger partial charge on any atom is 0.328 e. The summed E-state index contributed by atoms with van der Waals surface area (Å²) in [6.07, 6.45) is 0. The van der Waals surface area contributed by atoms with Gasteiger partial charge in [-0.25, -0.2) is 9.18 Å². The van der Waals surface area contributed by atoms with E-state index < -0.39 is 22.8 Å². The van der Waals surface area contributed by atoms with Gasteiger partial charge in [-0.05, 0) is 22.6 Å². The maximum absolute atomic E-state index is 13.7. The third-order valence-electron chi connectivity index (χ3n) is 2.94. The summed E-state index contributed by atoms with van der Waals surface area (Å²) >= 11 is 1.65. The quantitative estimate of drug-likeness (QED) is 0.475. The van der Waals surface area contributed by atoms with Crippen molar-refractivity contribution in [2.45, 2.75) is 6.04 Å². The smallest absolute Gasteiger partial charge is 0.328 e. The summed E-state index contributed by atoms with van der Waals surface area (Å²) in [5.74, 6) is -1.79. The number of nitro benzene ring substituents is 1. The molecule has 1 aromatic carbocycles. The first-order valence-electron chi connectivity index (χ1n) is 5.62. The first kappa shape index (κ1) is 14.9. The van der Waals surface area contributed by atoms with Gasteiger partial charge < -0.3 is 14.7 Å². The molecule has 0 aromatic heterocycles. The number of carboxylic acids is 1. The van der Waals surface area contributed by atoms with Gasteiger partial charge in [0.05, 0.1) is 21.7 Å². The second-order valence-electron chi connectivity index (χ2n) is 4.13. The predicted molar refractivity (Wildman–Crippen MR) is 75.4 cm³/mol. The van der Waals surface area contributed by atoms with Crippen molar-refractivity contribution in [3.8, 4) is 0 Å². The van der Waals surface area contributed by atoms with Crippen LogP contribution in [0.4, 0.5) is 15.8 Å². The largest absolute Gasteiger partial charge is 0.480 e. The lowest BCUT2D eigenvalue weighted by molar-refractivity contribution is -0.384. The minimum absolute atomic E-state index is 0.0383. The van der Waals surface area contributed by atoms with Crippen molar-refractivity contribution in [1.29, 1.82) is 0 Å². The number of nitro groups is 1. The van der Waals surface area contributed by atoms with Gasteiger partial charge in [-0.2, -0.15) is 0 Å². The van der Waals surface area contributed by atoms with Gasteiger partial charge >= 0.3 is 5.97 Å². The Morgan fingerprint density at radius 1 is 1.60 bits per heavy atom. The highest BCUT2D eigenvalue weighted by Crippen LogP contribution is 2.33. The molecular weight excluding hydrogens is 386 g/mol. The third kappa shape index (κ3) is 2.82. The Morgan fingerprint density at radius 3 is 2.90 bits per heavy atom. The molecule has 2 rings (SSSR count). The first-order valence-corrected chi connectivity index (χ1v) is 6.70. The third-order valence-corrected chi connectivity index (χ3v) is 3.76. The van der Waals surface area contributed by atoms with Gasteiger partial charge in [0.2, 0.25) is 0 Å². The number of carbonyl (C=O) groups is 1. The van der Waals surface area contributed by atoms with Crippen LogP contribution in [0.5, 0.6) is 0 Å². The molecule has 0 aliphatic carbocycles. The van der Waals surface area contributed by atoms with Crippen molar-refractivity contribution in [3.63, 3.8) is 0 Å². The molecule has 1 atom stereocenters. The van der Waals surface area contributed by atoms with Crippen LogP contribution < -0.4 is 4.90 Å². The van der Waals surface area contributed by atoms with E-state index in [4.69, 9.17) is 9.84 Å². The molecule has 20 heavy (non-hydrogen) atoms. The molecule has 7 nitrogen and oxygen atoms in total. The van der Waals surface area contributed by atoms with Crippen molar-refractivity contribution in [2.75, 3.05) is 24.7 Å². The van der Waals surface area contributed by atoms with E-state index in [1.807, 2.05) is 0 Å². The zero-order chi connectivity index (χ0) is 14.9. The molecule has 108 valence electrons. The molecule has 0 saturated carbocycles. The van der Waals surface area contributed by atoms with Crippen LogP contribution in [-0.2, 0) is 9.53 Å². The molecule has 1 saturated heterocycles. The number of morpholine rings is 1. The topological polar surface area (TPSA) is 92.9 Å². The number of halogens is 2. The Morgan fingerprint density at radius 2 is 2.30 bits per heavy atom. The van der Waals surface area contributed by atoms with Crippen LogP contribution in [0, 0.1) is 19.5 Å². The fraction of sp³-hybridized carbons (Fsp3) is 0.364. The van der Waals surface area contributed by atoms with E-state index >= 15 is 0 Å². The summed E-state index contributed by atoms with van der Waals surface area (Å²) in [5, 5.41) is 20.2. The Labute approximate surface area is 126 Å². The van der Waals surface area contributed by atoms with Crippen molar-refractivity contribution in [3.05, 3.63) is 31.6 Å². The number of benzene rings is 1. The van der Waals surface area contributed by atoms with Crippen molar-refractivity contribution < 1.29 is 24.0 Å². The highest BCUT2D eigenvalue weighted by Gasteiger charge is 2.34. The van der Waals surface area contributed by atoms with Gasteiger partial charge in [0.25, 0.3) is 5.69 Å². The van der Waals surface area contributed by atoms with Gasteiger partial charge in [0, 0.05) is 18.7 Å². The Hall–Kier alpha value is -1.49. The molecule has 0 spiro atoms. The first-order chi connectivity index (χ1) is 9.41. The van der Waals surface area contributed by atoms with E-state index in [-0.39, 0.29) is 34.7 Å². The van der Waals surface area contributed by atoms with Crippen molar-refractivity contribution in [1.82, 2.24) is 0 Å². The van der Waals surface area contributed by atoms with E-state index in [0.717, 1.165) is 12.1 Å². The van der Waals surface area contributed by atoms with Crippen LogP contribution in [0.25, 0.3) is 0 Å². The summed E-state index contributed by atoms with van der Waals surface area (Å²) in [7, 11) is 0. The highest BCUT2D eigenvalue weighted by atomic mass is 127. The molecule has 1 unspecified atom stereocenters. The van der Waals surface area contributed by atoms with Crippen LogP contribution >= 0.6 is 22.6 Å². The van der Waals surface area contributed by atoms with Gasteiger partial charge in [-0.1, -0.05) is 0 Å². The summed E-state index contributed by atoms with van der Waals surface area (Å²) in [5.41, 5.74) is -0.354. The zero-order valence-electron chi connectivity index (χ0n) is 10.1. The van der Waals surface area contributed by atoms with Crippen LogP contribution in [0.2, 0.25) is 0 Å². The molecule has 0 bridgehead atoms. The minimum atomic E-state index is -1.17. The molecule has 1 fully saturated rings. The van der Waals surface area contributed by atoms with E-state index in [9.17, 15) is 19.3 Å². The van der Waals surface area contributed by atoms with Gasteiger partial charge in [0.1, 0.15) is 11.5 Å². The Kier molecular flexibility index (Phi) is 4.38. The monoisotopic (exact) mass is 396 g/mol. The summed E-state index contributed by atoms with van der Waals surface area (Å²) in [6.45, 7) is 0.284. The molecule has 0 amide bonds. The minimum Gasteiger partial charge on any atom is -0.480 e. The maximum atomic E-state index is 13.7. The lowest BCUT2D eigenvalue weighted by Crippen LogP contribution is -2.50.